The van der Waals surface area contributed by atoms with Crippen molar-refractivity contribution in [2.75, 3.05) is 26.7 Å². The van der Waals surface area contributed by atoms with Crippen LogP contribution in [-0.2, 0) is 9.53 Å². The number of nitrogens with two attached hydrogens (primary N) is 1. The van der Waals surface area contributed by atoms with E-state index in [-0.39, 0.29) is 11.4 Å². The third-order valence-corrected chi connectivity index (χ3v) is 5.43. The van der Waals surface area contributed by atoms with Gasteiger partial charge in [-0.05, 0) is 37.0 Å². The Labute approximate surface area is 177 Å². The van der Waals surface area contributed by atoms with Gasteiger partial charge in [-0.15, -0.1) is 0 Å². The quantitative estimate of drug-likeness (QED) is 0.648. The van der Waals surface area contributed by atoms with E-state index in [9.17, 15) is 10.1 Å². The largest absolute Gasteiger partial charge is 0.369 e. The molecule has 1 fully saturated rings. The average Bonchev–Trinajstić information content (AvgIpc) is 3.10. The molecular formula is C22H30N6O2. The lowest BCUT2D eigenvalue weighted by atomic mass is 9.88. The number of hydrogen-bond acceptors (Lipinski definition) is 7. The summed E-state index contributed by atoms with van der Waals surface area (Å²) in [5, 5.41) is 16.1. The molecule has 30 heavy (non-hydrogen) atoms. The van der Waals surface area contributed by atoms with E-state index in [2.05, 4.69) is 26.6 Å². The number of methoxy groups -OCH3 is 1. The minimum atomic E-state index is -1.44. The molecule has 2 aliphatic heterocycles. The standard InChI is InChI=1S/C22H30N6O2/c1-15(2)11-26-20(29)17-12-27-22(13-23,30-4)18(16-5-8-25-9-6-16)19(17)28-10-7-21(3,24)14-28/h5-6,8-9,12,15,27H,7,10-11,14,24H2,1-4H3,(H,26,29)/t21-,22?/m0/s1. The van der Waals surface area contributed by atoms with Gasteiger partial charge in [0, 0.05) is 50.9 Å². The molecule has 3 rings (SSSR count). The Morgan fingerprint density at radius 1 is 1.47 bits per heavy atom. The summed E-state index contributed by atoms with van der Waals surface area (Å²) in [4.78, 5) is 19.3. The molecule has 0 radical (unpaired) electrons. The van der Waals surface area contributed by atoms with Gasteiger partial charge < -0.3 is 26.0 Å². The molecule has 0 bridgehead atoms. The van der Waals surface area contributed by atoms with Gasteiger partial charge in [0.25, 0.3) is 11.6 Å². The van der Waals surface area contributed by atoms with Crippen LogP contribution >= 0.6 is 0 Å². The molecule has 1 aromatic rings. The number of nitrogens with zero attached hydrogens (tertiary/aromatic N) is 3. The van der Waals surface area contributed by atoms with Gasteiger partial charge in [-0.1, -0.05) is 13.8 Å². The highest BCUT2D eigenvalue weighted by Crippen LogP contribution is 2.40. The first-order chi connectivity index (χ1) is 14.2. The lowest BCUT2D eigenvalue weighted by Gasteiger charge is -2.38. The van der Waals surface area contributed by atoms with Crippen LogP contribution in [0.1, 0.15) is 32.8 Å². The number of carbonyl (C=O) groups excluding carboxylic acids is 1. The molecule has 160 valence electrons. The number of likely N-dealkylation sites (tertiary alicyclic amines) is 1. The Balaban J connectivity index is 2.20. The van der Waals surface area contributed by atoms with E-state index in [1.165, 1.54) is 7.11 Å². The number of pyridine rings is 1. The molecule has 3 heterocycles. The molecule has 1 amide bonds. The summed E-state index contributed by atoms with van der Waals surface area (Å²) < 4.78 is 5.68. The molecule has 1 unspecified atom stereocenters. The second-order valence-electron chi connectivity index (χ2n) is 8.59. The molecule has 2 atom stereocenters. The number of carbonyl (C=O) groups is 1. The van der Waals surface area contributed by atoms with E-state index in [1.54, 1.807) is 18.6 Å². The molecule has 0 aliphatic carbocycles. The molecule has 0 spiro atoms. The van der Waals surface area contributed by atoms with E-state index in [0.29, 0.717) is 42.4 Å². The van der Waals surface area contributed by atoms with Crippen LogP contribution in [0.2, 0.25) is 0 Å². The second-order valence-corrected chi connectivity index (χ2v) is 8.59. The number of nitriles is 1. The maximum absolute atomic E-state index is 13.1. The summed E-state index contributed by atoms with van der Waals surface area (Å²) in [5.41, 5.74) is 7.05. The van der Waals surface area contributed by atoms with Crippen molar-refractivity contribution in [2.45, 2.75) is 38.5 Å². The number of ether oxygens (including phenoxy) is 1. The Bertz CT molecular complexity index is 900. The van der Waals surface area contributed by atoms with Gasteiger partial charge >= 0.3 is 0 Å². The molecule has 1 saturated heterocycles. The second kappa shape index (κ2) is 8.46. The lowest BCUT2D eigenvalue weighted by Crippen LogP contribution is -2.50. The summed E-state index contributed by atoms with van der Waals surface area (Å²) in [6, 6.07) is 5.88. The van der Waals surface area contributed by atoms with Crippen LogP contribution in [-0.4, -0.2) is 53.8 Å². The highest BCUT2D eigenvalue weighted by molar-refractivity contribution is 6.02. The van der Waals surface area contributed by atoms with Crippen molar-refractivity contribution in [1.82, 2.24) is 20.5 Å². The number of rotatable bonds is 6. The van der Waals surface area contributed by atoms with Crippen molar-refractivity contribution in [1.29, 1.82) is 5.26 Å². The predicted octanol–water partition coefficient (Wildman–Crippen LogP) is 1.34. The van der Waals surface area contributed by atoms with Crippen LogP contribution in [0, 0.1) is 17.2 Å². The fourth-order valence-corrected chi connectivity index (χ4v) is 3.84. The SMILES string of the molecule is COC1(C#N)NC=C(C(=O)NCC(C)C)C(N2CC[C@](C)(N)C2)=C1c1ccncc1. The smallest absolute Gasteiger partial charge is 0.257 e. The molecule has 8 nitrogen and oxygen atoms in total. The first-order valence-electron chi connectivity index (χ1n) is 10.1. The van der Waals surface area contributed by atoms with Gasteiger partial charge in [0.1, 0.15) is 6.07 Å². The third-order valence-electron chi connectivity index (χ3n) is 5.43. The first kappa shape index (κ1) is 21.8. The van der Waals surface area contributed by atoms with Crippen molar-refractivity contribution < 1.29 is 9.53 Å². The maximum Gasteiger partial charge on any atom is 0.257 e. The zero-order chi connectivity index (χ0) is 21.9. The van der Waals surface area contributed by atoms with E-state index < -0.39 is 5.72 Å². The first-order valence-corrected chi connectivity index (χ1v) is 10.1. The van der Waals surface area contributed by atoms with Crippen molar-refractivity contribution in [3.05, 3.63) is 47.6 Å². The van der Waals surface area contributed by atoms with Crippen molar-refractivity contribution in [2.24, 2.45) is 11.7 Å². The Morgan fingerprint density at radius 2 is 2.17 bits per heavy atom. The van der Waals surface area contributed by atoms with Crippen LogP contribution in [0.3, 0.4) is 0 Å². The molecule has 0 aromatic carbocycles. The summed E-state index contributed by atoms with van der Waals surface area (Å²) in [5.74, 6) is 0.112. The van der Waals surface area contributed by atoms with Crippen molar-refractivity contribution >= 4 is 11.5 Å². The van der Waals surface area contributed by atoms with Crippen molar-refractivity contribution in [3.63, 3.8) is 0 Å². The normalized spacial score (nSPS) is 26.3. The topological polar surface area (TPSA) is 116 Å². The number of aromatic nitrogens is 1. The summed E-state index contributed by atoms with van der Waals surface area (Å²) >= 11 is 0. The number of nitrogens with one attached hydrogen (secondary N) is 2. The number of dihydropyridines is 1. The zero-order valence-electron chi connectivity index (χ0n) is 18.0. The molecule has 0 saturated carbocycles. The number of hydrogen-bond donors (Lipinski definition) is 3. The van der Waals surface area contributed by atoms with Crippen LogP contribution in [0.15, 0.2) is 42.0 Å². The Hall–Kier alpha value is -2.89. The highest BCUT2D eigenvalue weighted by atomic mass is 16.5. The summed E-state index contributed by atoms with van der Waals surface area (Å²) in [6.07, 6.45) is 5.67. The van der Waals surface area contributed by atoms with E-state index >= 15 is 0 Å². The molecule has 1 aromatic heterocycles. The lowest BCUT2D eigenvalue weighted by molar-refractivity contribution is -0.117. The van der Waals surface area contributed by atoms with E-state index in [0.717, 1.165) is 12.0 Å². The molecular weight excluding hydrogens is 380 g/mol. The van der Waals surface area contributed by atoms with E-state index in [1.807, 2.05) is 32.9 Å². The number of amides is 1. The maximum atomic E-state index is 13.1. The van der Waals surface area contributed by atoms with Crippen LogP contribution in [0.4, 0.5) is 0 Å². The van der Waals surface area contributed by atoms with Gasteiger partial charge in [-0.3, -0.25) is 9.78 Å². The average molecular weight is 411 g/mol. The monoisotopic (exact) mass is 410 g/mol. The van der Waals surface area contributed by atoms with Gasteiger partial charge in [0.2, 0.25) is 0 Å². The summed E-state index contributed by atoms with van der Waals surface area (Å²) in [6.45, 7) is 7.87. The van der Waals surface area contributed by atoms with Gasteiger partial charge in [-0.25, -0.2) is 0 Å². The van der Waals surface area contributed by atoms with Crippen molar-refractivity contribution in [3.8, 4) is 6.07 Å². The van der Waals surface area contributed by atoms with Crippen LogP contribution < -0.4 is 16.4 Å². The van der Waals surface area contributed by atoms with Gasteiger partial charge in [0.05, 0.1) is 16.8 Å². The van der Waals surface area contributed by atoms with E-state index in [4.69, 9.17) is 10.5 Å². The third kappa shape index (κ3) is 4.18. The van der Waals surface area contributed by atoms with Gasteiger partial charge in [0.15, 0.2) is 0 Å². The fraction of sp³-hybridized carbons (Fsp3) is 0.500. The van der Waals surface area contributed by atoms with Crippen LogP contribution in [0.5, 0.6) is 0 Å². The molecule has 4 N–H and O–H groups in total. The predicted molar refractivity (Wildman–Crippen MR) is 114 cm³/mol. The Kier molecular flexibility index (Phi) is 6.15. The molecule has 2 aliphatic rings. The minimum absolute atomic E-state index is 0.203. The highest BCUT2D eigenvalue weighted by Gasteiger charge is 2.45. The minimum Gasteiger partial charge on any atom is -0.369 e. The Morgan fingerprint density at radius 3 is 2.70 bits per heavy atom. The summed E-state index contributed by atoms with van der Waals surface area (Å²) in [7, 11) is 1.48. The molecule has 8 heteroatoms. The van der Waals surface area contributed by atoms with Gasteiger partial charge in [-0.2, -0.15) is 5.26 Å². The zero-order valence-corrected chi connectivity index (χ0v) is 18.0. The fourth-order valence-electron chi connectivity index (χ4n) is 3.84. The van der Waals surface area contributed by atoms with Crippen LogP contribution in [0.25, 0.3) is 5.57 Å².